The fourth-order valence-corrected chi connectivity index (χ4v) is 5.87. The summed E-state index contributed by atoms with van der Waals surface area (Å²) in [5, 5.41) is 3.37. The summed E-state index contributed by atoms with van der Waals surface area (Å²) in [6.07, 6.45) is 3.20. The molecule has 2 aromatic heterocycles. The monoisotopic (exact) mass is 620 g/mol. The van der Waals surface area contributed by atoms with E-state index in [2.05, 4.69) is 10.3 Å². The molecule has 10 nitrogen and oxygen atoms in total. The molecule has 0 aliphatic carbocycles. The number of imidazole rings is 1. The van der Waals surface area contributed by atoms with Crippen LogP contribution in [0.2, 0.25) is 5.02 Å². The number of hydrogen-bond acceptors (Lipinski definition) is 7. The van der Waals surface area contributed by atoms with Gasteiger partial charge in [0.05, 0.1) is 49.8 Å². The van der Waals surface area contributed by atoms with Crippen LogP contribution in [-0.2, 0) is 21.4 Å². The molecule has 0 saturated heterocycles. The first-order valence-electron chi connectivity index (χ1n) is 13.1. The SMILES string of the molecule is COc1ccc(-n2cc(-c3ccc(Cl)cc3)nc2NC(=O)CN(Cc2ccco2)S(=O)(=O)c2ccc(C)cc2)cc1OC. The maximum Gasteiger partial charge on any atom is 0.243 e. The highest BCUT2D eigenvalue weighted by Gasteiger charge is 2.28. The summed E-state index contributed by atoms with van der Waals surface area (Å²) >= 11 is 6.08. The number of benzene rings is 3. The molecule has 2 heterocycles. The number of sulfonamides is 1. The zero-order valence-electron chi connectivity index (χ0n) is 23.7. The molecule has 1 N–H and O–H groups in total. The molecule has 0 aliphatic heterocycles. The maximum absolute atomic E-state index is 13.6. The minimum absolute atomic E-state index is 0.0642. The lowest BCUT2D eigenvalue weighted by molar-refractivity contribution is -0.116. The number of halogens is 1. The van der Waals surface area contributed by atoms with Gasteiger partial charge in [-0.2, -0.15) is 4.31 Å². The Kier molecular flexibility index (Phi) is 8.86. The van der Waals surface area contributed by atoms with Crippen molar-refractivity contribution < 1.29 is 27.1 Å². The summed E-state index contributed by atoms with van der Waals surface area (Å²) in [5.74, 6) is 0.975. The average Bonchev–Trinajstić information content (AvgIpc) is 3.67. The molecule has 0 atom stereocenters. The van der Waals surface area contributed by atoms with Crippen LogP contribution in [0.25, 0.3) is 16.9 Å². The highest BCUT2D eigenvalue weighted by molar-refractivity contribution is 7.89. The number of hydrogen-bond donors (Lipinski definition) is 1. The third-order valence-corrected chi connectivity index (χ3v) is 8.69. The summed E-state index contributed by atoms with van der Waals surface area (Å²) in [6, 6.07) is 22.1. The number of carbonyl (C=O) groups excluding carboxylic acids is 1. The molecule has 0 spiro atoms. The summed E-state index contributed by atoms with van der Waals surface area (Å²) in [6.45, 7) is 1.23. The number of aryl methyl sites for hydroxylation is 1. The lowest BCUT2D eigenvalue weighted by atomic mass is 10.2. The molecule has 1 amide bonds. The van der Waals surface area contributed by atoms with Crippen molar-refractivity contribution in [3.63, 3.8) is 0 Å². The van der Waals surface area contributed by atoms with Crippen LogP contribution in [0, 0.1) is 6.92 Å². The summed E-state index contributed by atoms with van der Waals surface area (Å²) < 4.78 is 46.3. The van der Waals surface area contributed by atoms with E-state index in [9.17, 15) is 13.2 Å². The largest absolute Gasteiger partial charge is 0.493 e. The topological polar surface area (TPSA) is 116 Å². The van der Waals surface area contributed by atoms with Crippen LogP contribution in [0.5, 0.6) is 11.5 Å². The average molecular weight is 621 g/mol. The quantitative estimate of drug-likeness (QED) is 0.194. The molecule has 0 radical (unpaired) electrons. The first-order chi connectivity index (χ1) is 20.7. The third-order valence-electron chi connectivity index (χ3n) is 6.63. The van der Waals surface area contributed by atoms with Gasteiger partial charge >= 0.3 is 0 Å². The van der Waals surface area contributed by atoms with Gasteiger partial charge in [-0.25, -0.2) is 13.4 Å². The molecular weight excluding hydrogens is 592 g/mol. The van der Waals surface area contributed by atoms with Crippen molar-refractivity contribution in [2.75, 3.05) is 26.1 Å². The molecule has 0 aliphatic rings. The summed E-state index contributed by atoms with van der Waals surface area (Å²) in [7, 11) is -0.993. The van der Waals surface area contributed by atoms with Crippen molar-refractivity contribution in [1.82, 2.24) is 13.9 Å². The maximum atomic E-state index is 13.6. The van der Waals surface area contributed by atoms with E-state index >= 15 is 0 Å². The molecule has 3 aromatic carbocycles. The van der Waals surface area contributed by atoms with Crippen LogP contribution < -0.4 is 14.8 Å². The van der Waals surface area contributed by atoms with Gasteiger partial charge in [0, 0.05) is 22.8 Å². The van der Waals surface area contributed by atoms with Crippen molar-refractivity contribution >= 4 is 33.5 Å². The number of aromatic nitrogens is 2. The van der Waals surface area contributed by atoms with Gasteiger partial charge in [-0.3, -0.25) is 14.7 Å². The van der Waals surface area contributed by atoms with Crippen molar-refractivity contribution in [2.45, 2.75) is 18.4 Å². The predicted molar refractivity (Wildman–Crippen MR) is 163 cm³/mol. The summed E-state index contributed by atoms with van der Waals surface area (Å²) in [4.78, 5) is 18.2. The second-order valence-corrected chi connectivity index (χ2v) is 12.0. The van der Waals surface area contributed by atoms with Crippen molar-refractivity contribution in [1.29, 1.82) is 0 Å². The molecule has 43 heavy (non-hydrogen) atoms. The number of rotatable bonds is 11. The number of nitrogens with zero attached hydrogens (tertiary/aromatic N) is 3. The lowest BCUT2D eigenvalue weighted by Gasteiger charge is -2.21. The molecule has 0 fully saturated rings. The molecule has 12 heteroatoms. The van der Waals surface area contributed by atoms with Gasteiger partial charge in [-0.05, 0) is 55.5 Å². The van der Waals surface area contributed by atoms with Crippen LogP contribution in [0.3, 0.4) is 0 Å². The molecule has 5 rings (SSSR count). The molecule has 0 bridgehead atoms. The van der Waals surface area contributed by atoms with Crippen molar-refractivity contribution in [3.8, 4) is 28.4 Å². The van der Waals surface area contributed by atoms with E-state index in [1.807, 2.05) is 19.1 Å². The number of nitrogens with one attached hydrogen (secondary N) is 1. The first-order valence-corrected chi connectivity index (χ1v) is 15.0. The van der Waals surface area contributed by atoms with E-state index in [0.717, 1.165) is 15.4 Å². The van der Waals surface area contributed by atoms with Crippen LogP contribution in [0.15, 0.2) is 101 Å². The van der Waals surface area contributed by atoms with Gasteiger partial charge in [-0.1, -0.05) is 41.4 Å². The number of ether oxygens (including phenoxy) is 2. The van der Waals surface area contributed by atoms with Gasteiger partial charge in [0.2, 0.25) is 21.9 Å². The van der Waals surface area contributed by atoms with E-state index < -0.39 is 22.5 Å². The Bertz CT molecular complexity index is 1820. The van der Waals surface area contributed by atoms with Crippen LogP contribution >= 0.6 is 11.6 Å². The minimum atomic E-state index is -4.06. The van der Waals surface area contributed by atoms with E-state index in [0.29, 0.717) is 33.7 Å². The van der Waals surface area contributed by atoms with Crippen LogP contribution in [-0.4, -0.2) is 48.9 Å². The van der Waals surface area contributed by atoms with Crippen molar-refractivity contribution in [3.05, 3.63) is 108 Å². The standard InChI is InChI=1S/C31H29ClN4O6S/c1-21-6-13-26(14-7-21)43(38,39)35(18-25-5-4-16-42-25)20-30(37)34-31-33-27(22-8-10-23(32)11-9-22)19-36(31)24-12-15-28(40-2)29(17-24)41-3/h4-17,19H,18,20H2,1-3H3,(H,33,34,37). The lowest BCUT2D eigenvalue weighted by Crippen LogP contribution is -2.37. The van der Waals surface area contributed by atoms with Crippen LogP contribution in [0.1, 0.15) is 11.3 Å². The molecule has 0 saturated carbocycles. The fraction of sp³-hybridized carbons (Fsp3) is 0.161. The highest BCUT2D eigenvalue weighted by Crippen LogP contribution is 2.32. The Hall–Kier alpha value is -4.58. The first kappa shape index (κ1) is 29.9. The van der Waals surface area contributed by atoms with Gasteiger partial charge in [0.1, 0.15) is 5.76 Å². The molecule has 0 unspecified atom stereocenters. The van der Waals surface area contributed by atoms with Crippen molar-refractivity contribution in [2.24, 2.45) is 0 Å². The number of methoxy groups -OCH3 is 2. The Balaban J connectivity index is 1.49. The predicted octanol–water partition coefficient (Wildman–Crippen LogP) is 5.94. The Labute approximate surface area is 254 Å². The molecule has 5 aromatic rings. The molecular formula is C31H29ClN4O6S. The second-order valence-electron chi connectivity index (χ2n) is 9.58. The van der Waals surface area contributed by atoms with Gasteiger partial charge < -0.3 is 13.9 Å². The smallest absolute Gasteiger partial charge is 0.243 e. The zero-order valence-corrected chi connectivity index (χ0v) is 25.2. The van der Waals surface area contributed by atoms with Gasteiger partial charge in [-0.15, -0.1) is 0 Å². The number of anilines is 1. The van der Waals surface area contributed by atoms with E-state index in [4.69, 9.17) is 25.5 Å². The van der Waals surface area contributed by atoms with E-state index in [-0.39, 0.29) is 17.4 Å². The highest BCUT2D eigenvalue weighted by atomic mass is 35.5. The van der Waals surface area contributed by atoms with Gasteiger partial charge in [0.25, 0.3) is 0 Å². The number of carbonyl (C=O) groups is 1. The van der Waals surface area contributed by atoms with E-state index in [1.54, 1.807) is 65.4 Å². The Morgan fingerprint density at radius 1 is 1.00 bits per heavy atom. The normalized spacial score (nSPS) is 11.5. The van der Waals surface area contributed by atoms with E-state index in [1.165, 1.54) is 32.6 Å². The second kappa shape index (κ2) is 12.7. The van der Waals surface area contributed by atoms with Crippen LogP contribution in [0.4, 0.5) is 5.95 Å². The Morgan fingerprint density at radius 3 is 2.37 bits per heavy atom. The zero-order chi connectivity index (χ0) is 30.6. The minimum Gasteiger partial charge on any atom is -0.493 e. The number of furan rings is 1. The van der Waals surface area contributed by atoms with Gasteiger partial charge in [0.15, 0.2) is 11.5 Å². The number of amides is 1. The summed E-state index contributed by atoms with van der Waals surface area (Å²) in [5.41, 5.74) is 2.86. The third kappa shape index (κ3) is 6.75. The fourth-order valence-electron chi connectivity index (χ4n) is 4.39. The Morgan fingerprint density at radius 2 is 1.72 bits per heavy atom. The molecule has 222 valence electrons.